The summed E-state index contributed by atoms with van der Waals surface area (Å²) in [5.74, 6) is 2.69. The van der Waals surface area contributed by atoms with Crippen LogP contribution in [0.15, 0.2) is 40.1 Å². The van der Waals surface area contributed by atoms with Gasteiger partial charge in [-0.15, -0.1) is 0 Å². The zero-order valence-electron chi connectivity index (χ0n) is 16.6. The van der Waals surface area contributed by atoms with Crippen molar-refractivity contribution < 1.29 is 9.53 Å². The average Bonchev–Trinajstić information content (AvgIpc) is 3.09. The first-order valence-corrected chi connectivity index (χ1v) is 9.59. The number of hydrogen-bond acceptors (Lipinski definition) is 6. The molecule has 0 aromatic heterocycles. The number of methoxy groups -OCH3 is 1. The molecule has 1 fully saturated rings. The molecular weight excluding hydrogens is 356 g/mol. The van der Waals surface area contributed by atoms with E-state index in [4.69, 9.17) is 4.74 Å². The Bertz CT molecular complexity index is 854. The second kappa shape index (κ2) is 7.53. The maximum atomic E-state index is 12.6. The van der Waals surface area contributed by atoms with Crippen molar-refractivity contribution in [2.75, 3.05) is 45.2 Å². The molecule has 0 aliphatic carbocycles. The first-order valence-electron chi connectivity index (χ1n) is 9.59. The molecule has 0 radical (unpaired) electrons. The van der Waals surface area contributed by atoms with Gasteiger partial charge >= 0.3 is 6.03 Å². The van der Waals surface area contributed by atoms with E-state index in [1.165, 1.54) is 0 Å². The first kappa shape index (κ1) is 18.3. The van der Waals surface area contributed by atoms with E-state index in [1.807, 2.05) is 42.4 Å². The molecule has 4 rings (SSSR count). The van der Waals surface area contributed by atoms with Crippen molar-refractivity contribution in [3.8, 4) is 5.75 Å². The molecule has 0 saturated carbocycles. The quantitative estimate of drug-likeness (QED) is 0.869. The van der Waals surface area contributed by atoms with Gasteiger partial charge in [-0.1, -0.05) is 0 Å². The number of fused-ring (bicyclic) bond motifs is 1. The Hall–Kier alpha value is -3.03. The molecule has 1 saturated heterocycles. The van der Waals surface area contributed by atoms with Gasteiger partial charge < -0.3 is 24.8 Å². The summed E-state index contributed by atoms with van der Waals surface area (Å²) in [4.78, 5) is 27.9. The third-order valence-corrected chi connectivity index (χ3v) is 5.40. The topological polar surface area (TPSA) is 72.8 Å². The predicted molar refractivity (Wildman–Crippen MR) is 110 cm³/mol. The van der Waals surface area contributed by atoms with Gasteiger partial charge in [0.25, 0.3) is 0 Å². The van der Waals surface area contributed by atoms with Crippen LogP contribution >= 0.6 is 0 Å². The Kier molecular flexibility index (Phi) is 4.93. The van der Waals surface area contributed by atoms with Crippen molar-refractivity contribution in [1.29, 1.82) is 0 Å². The van der Waals surface area contributed by atoms with Crippen LogP contribution in [0.25, 0.3) is 0 Å². The fourth-order valence-corrected chi connectivity index (χ4v) is 3.60. The highest BCUT2D eigenvalue weighted by molar-refractivity contribution is 6.03. The third kappa shape index (κ3) is 3.54. The number of piperazine rings is 1. The number of aryl methyl sites for hydroxylation is 1. The SMILES string of the molecule is COc1ccc(NC(=O)N2CCN(C3=CC4=NC[C@@H](C)N4C=N3)CC2)c(C)c1. The van der Waals surface area contributed by atoms with Crippen molar-refractivity contribution in [2.45, 2.75) is 19.9 Å². The first-order chi connectivity index (χ1) is 13.5. The summed E-state index contributed by atoms with van der Waals surface area (Å²) in [5.41, 5.74) is 1.78. The van der Waals surface area contributed by atoms with Crippen molar-refractivity contribution in [3.05, 3.63) is 35.7 Å². The van der Waals surface area contributed by atoms with E-state index in [0.717, 1.165) is 48.3 Å². The smallest absolute Gasteiger partial charge is 0.321 e. The summed E-state index contributed by atoms with van der Waals surface area (Å²) in [7, 11) is 1.63. The minimum absolute atomic E-state index is 0.0748. The van der Waals surface area contributed by atoms with Gasteiger partial charge in [-0.3, -0.25) is 4.99 Å². The summed E-state index contributed by atoms with van der Waals surface area (Å²) in [6, 6.07) is 5.94. The molecule has 0 bridgehead atoms. The maximum absolute atomic E-state index is 12.6. The van der Waals surface area contributed by atoms with E-state index < -0.39 is 0 Å². The molecule has 0 spiro atoms. The summed E-state index contributed by atoms with van der Waals surface area (Å²) < 4.78 is 5.22. The van der Waals surface area contributed by atoms with Crippen LogP contribution in [-0.4, -0.2) is 78.8 Å². The van der Waals surface area contributed by atoms with E-state index in [0.29, 0.717) is 19.1 Å². The Morgan fingerprint density at radius 2 is 2.04 bits per heavy atom. The highest BCUT2D eigenvalue weighted by Crippen LogP contribution is 2.22. The standard InChI is InChI=1S/C20H26N6O2/c1-14-10-16(28-3)4-5-17(14)23-20(27)25-8-6-24(7-9-25)18-11-19-21-12-15(2)26(19)13-22-18/h4-5,10-11,13,15H,6-9,12H2,1-3H3,(H,23,27)/t15-/m1/s1. The Labute approximate surface area is 165 Å². The number of hydrogen-bond donors (Lipinski definition) is 1. The van der Waals surface area contributed by atoms with E-state index >= 15 is 0 Å². The number of amides is 2. The molecule has 1 aromatic carbocycles. The molecule has 8 heteroatoms. The van der Waals surface area contributed by atoms with Crippen LogP contribution in [0.5, 0.6) is 5.75 Å². The molecule has 1 N–H and O–H groups in total. The van der Waals surface area contributed by atoms with Gasteiger partial charge in [0.15, 0.2) is 0 Å². The normalized spacial score (nSPS) is 21.2. The Morgan fingerprint density at radius 3 is 2.75 bits per heavy atom. The largest absolute Gasteiger partial charge is 0.497 e. The second-order valence-corrected chi connectivity index (χ2v) is 7.29. The molecular formula is C20H26N6O2. The maximum Gasteiger partial charge on any atom is 0.321 e. The van der Waals surface area contributed by atoms with Gasteiger partial charge in [0.1, 0.15) is 17.4 Å². The summed E-state index contributed by atoms with van der Waals surface area (Å²) in [5, 5.41) is 3.00. The lowest BCUT2D eigenvalue weighted by atomic mass is 10.2. The zero-order chi connectivity index (χ0) is 19.7. The number of amidine groups is 1. The second-order valence-electron chi connectivity index (χ2n) is 7.29. The highest BCUT2D eigenvalue weighted by atomic mass is 16.5. The monoisotopic (exact) mass is 382 g/mol. The van der Waals surface area contributed by atoms with Gasteiger partial charge in [-0.25, -0.2) is 9.79 Å². The van der Waals surface area contributed by atoms with Crippen LogP contribution in [0.1, 0.15) is 12.5 Å². The lowest BCUT2D eigenvalue weighted by Gasteiger charge is -2.37. The third-order valence-electron chi connectivity index (χ3n) is 5.40. The van der Waals surface area contributed by atoms with Crippen molar-refractivity contribution in [3.63, 3.8) is 0 Å². The van der Waals surface area contributed by atoms with Crippen LogP contribution in [0.2, 0.25) is 0 Å². The summed E-state index contributed by atoms with van der Waals surface area (Å²) >= 11 is 0. The van der Waals surface area contributed by atoms with E-state index in [2.05, 4.69) is 32.0 Å². The fourth-order valence-electron chi connectivity index (χ4n) is 3.60. The number of carbonyl (C=O) groups is 1. The summed E-state index contributed by atoms with van der Waals surface area (Å²) in [6.45, 7) is 7.72. The van der Waals surface area contributed by atoms with Crippen LogP contribution < -0.4 is 10.1 Å². The minimum Gasteiger partial charge on any atom is -0.497 e. The number of ether oxygens (including phenoxy) is 1. The van der Waals surface area contributed by atoms with Crippen molar-refractivity contribution in [1.82, 2.24) is 14.7 Å². The number of benzene rings is 1. The molecule has 8 nitrogen and oxygen atoms in total. The molecule has 148 valence electrons. The van der Waals surface area contributed by atoms with E-state index in [9.17, 15) is 4.79 Å². The molecule has 1 aromatic rings. The number of nitrogens with one attached hydrogen (secondary N) is 1. The molecule has 3 aliphatic rings. The molecule has 3 aliphatic heterocycles. The lowest BCUT2D eigenvalue weighted by Crippen LogP contribution is -2.50. The van der Waals surface area contributed by atoms with Crippen molar-refractivity contribution in [2.24, 2.45) is 9.98 Å². The van der Waals surface area contributed by atoms with Gasteiger partial charge in [0.05, 0.1) is 26.0 Å². The van der Waals surface area contributed by atoms with Gasteiger partial charge in [-0.2, -0.15) is 0 Å². The van der Waals surface area contributed by atoms with Gasteiger partial charge in [0.2, 0.25) is 0 Å². The van der Waals surface area contributed by atoms with Gasteiger partial charge in [0, 0.05) is 37.9 Å². The number of urea groups is 1. The number of aliphatic imine (C=N–C) groups is 2. The molecule has 2 amide bonds. The van der Waals surface area contributed by atoms with Crippen LogP contribution in [0.3, 0.4) is 0 Å². The van der Waals surface area contributed by atoms with Crippen LogP contribution in [-0.2, 0) is 0 Å². The fraction of sp³-hybridized carbons (Fsp3) is 0.450. The molecule has 28 heavy (non-hydrogen) atoms. The van der Waals surface area contributed by atoms with Gasteiger partial charge in [-0.05, 0) is 37.6 Å². The highest BCUT2D eigenvalue weighted by Gasteiger charge is 2.28. The van der Waals surface area contributed by atoms with Crippen molar-refractivity contribution >= 4 is 23.9 Å². The average molecular weight is 382 g/mol. The molecule has 0 unspecified atom stereocenters. The van der Waals surface area contributed by atoms with E-state index in [-0.39, 0.29) is 6.03 Å². The van der Waals surface area contributed by atoms with E-state index in [1.54, 1.807) is 7.11 Å². The van der Waals surface area contributed by atoms with Crippen LogP contribution in [0.4, 0.5) is 10.5 Å². The predicted octanol–water partition coefficient (Wildman–Crippen LogP) is 2.14. The number of anilines is 1. The number of carbonyl (C=O) groups excluding carboxylic acids is 1. The summed E-state index contributed by atoms with van der Waals surface area (Å²) in [6.07, 6.45) is 3.91. The lowest BCUT2D eigenvalue weighted by molar-refractivity contribution is 0.166. The Balaban J connectivity index is 1.34. The zero-order valence-corrected chi connectivity index (χ0v) is 16.6. The minimum atomic E-state index is -0.0748. The number of rotatable bonds is 3. The molecule has 1 atom stereocenters. The Morgan fingerprint density at radius 1 is 1.25 bits per heavy atom. The van der Waals surface area contributed by atoms with Crippen LogP contribution in [0, 0.1) is 6.92 Å². The number of nitrogens with zero attached hydrogens (tertiary/aromatic N) is 5. The molecule has 3 heterocycles.